The molecule has 3 aromatic rings. The van der Waals surface area contributed by atoms with Gasteiger partial charge in [-0.3, -0.25) is 9.78 Å². The zero-order chi connectivity index (χ0) is 16.5. The van der Waals surface area contributed by atoms with Gasteiger partial charge in [0, 0.05) is 12.7 Å². The van der Waals surface area contributed by atoms with Crippen molar-refractivity contribution < 1.29 is 4.79 Å². The van der Waals surface area contributed by atoms with Crippen LogP contribution in [0.4, 0.5) is 0 Å². The molecule has 1 aliphatic heterocycles. The van der Waals surface area contributed by atoms with Gasteiger partial charge >= 0.3 is 0 Å². The Morgan fingerprint density at radius 3 is 2.88 bits per heavy atom. The molecule has 1 amide bonds. The van der Waals surface area contributed by atoms with Crippen LogP contribution in [0, 0.1) is 6.92 Å². The number of aryl methyl sites for hydroxylation is 1. The third-order valence-corrected chi connectivity index (χ3v) is 5.50. The highest BCUT2D eigenvalue weighted by molar-refractivity contribution is 7.18. The van der Waals surface area contributed by atoms with Crippen LogP contribution in [0.15, 0.2) is 36.7 Å². The lowest BCUT2D eigenvalue weighted by molar-refractivity contribution is 0.0605. The minimum atomic E-state index is -0.0496. The monoisotopic (exact) mass is 338 g/mol. The van der Waals surface area contributed by atoms with Crippen LogP contribution in [-0.2, 0) is 0 Å². The fourth-order valence-electron chi connectivity index (χ4n) is 3.11. The summed E-state index contributed by atoms with van der Waals surface area (Å²) in [5, 5.41) is 1.02. The van der Waals surface area contributed by atoms with E-state index in [0.29, 0.717) is 5.69 Å². The van der Waals surface area contributed by atoms with Crippen molar-refractivity contribution in [1.82, 2.24) is 19.9 Å². The van der Waals surface area contributed by atoms with Gasteiger partial charge in [0.05, 0.1) is 28.1 Å². The smallest absolute Gasteiger partial charge is 0.274 e. The van der Waals surface area contributed by atoms with Crippen LogP contribution >= 0.6 is 11.3 Å². The highest BCUT2D eigenvalue weighted by Gasteiger charge is 2.31. The molecule has 1 aromatic carbocycles. The number of carbonyl (C=O) groups excluding carboxylic acids is 1. The number of amides is 1. The van der Waals surface area contributed by atoms with E-state index in [9.17, 15) is 4.79 Å². The number of likely N-dealkylation sites (tertiary alicyclic amines) is 1. The average Bonchev–Trinajstić information content (AvgIpc) is 3.06. The van der Waals surface area contributed by atoms with Gasteiger partial charge in [0.25, 0.3) is 5.91 Å². The molecule has 1 fully saturated rings. The summed E-state index contributed by atoms with van der Waals surface area (Å²) in [6, 6.07) is 8.16. The Balaban J connectivity index is 1.67. The van der Waals surface area contributed by atoms with E-state index in [1.165, 1.54) is 4.70 Å². The van der Waals surface area contributed by atoms with E-state index in [-0.39, 0.29) is 11.9 Å². The summed E-state index contributed by atoms with van der Waals surface area (Å²) >= 11 is 1.68. The number of piperidine rings is 1. The third-order valence-electron chi connectivity index (χ3n) is 4.36. The highest BCUT2D eigenvalue weighted by Crippen LogP contribution is 2.36. The summed E-state index contributed by atoms with van der Waals surface area (Å²) in [6.45, 7) is 2.61. The van der Waals surface area contributed by atoms with Crippen molar-refractivity contribution in [3.05, 3.63) is 53.1 Å². The zero-order valence-corrected chi connectivity index (χ0v) is 14.3. The molecule has 0 N–H and O–H groups in total. The van der Waals surface area contributed by atoms with E-state index >= 15 is 0 Å². The van der Waals surface area contributed by atoms with Gasteiger partial charge in [-0.1, -0.05) is 12.1 Å². The summed E-state index contributed by atoms with van der Waals surface area (Å²) in [5.41, 5.74) is 2.23. The minimum absolute atomic E-state index is 0.0340. The minimum Gasteiger partial charge on any atom is -0.328 e. The van der Waals surface area contributed by atoms with E-state index < -0.39 is 0 Å². The molecule has 1 saturated heterocycles. The molecule has 122 valence electrons. The van der Waals surface area contributed by atoms with E-state index in [4.69, 9.17) is 4.98 Å². The molecule has 1 unspecified atom stereocenters. The number of aromatic nitrogens is 3. The normalized spacial score (nSPS) is 18.0. The Morgan fingerprint density at radius 1 is 1.21 bits per heavy atom. The first-order valence-corrected chi connectivity index (χ1v) is 8.99. The van der Waals surface area contributed by atoms with Crippen molar-refractivity contribution in [3.63, 3.8) is 0 Å². The number of rotatable bonds is 2. The van der Waals surface area contributed by atoms with Crippen molar-refractivity contribution in [2.75, 3.05) is 6.54 Å². The second kappa shape index (κ2) is 6.28. The number of hydrogen-bond acceptors (Lipinski definition) is 5. The van der Waals surface area contributed by atoms with Crippen LogP contribution in [0.5, 0.6) is 0 Å². The largest absolute Gasteiger partial charge is 0.328 e. The van der Waals surface area contributed by atoms with Crippen LogP contribution in [0.1, 0.15) is 46.5 Å². The Bertz CT molecular complexity index is 841. The lowest BCUT2D eigenvalue weighted by Crippen LogP contribution is -2.38. The highest BCUT2D eigenvalue weighted by atomic mass is 32.1. The van der Waals surface area contributed by atoms with Crippen LogP contribution in [-0.4, -0.2) is 32.3 Å². The quantitative estimate of drug-likeness (QED) is 0.714. The lowest BCUT2D eigenvalue weighted by atomic mass is 10.0. The van der Waals surface area contributed by atoms with Gasteiger partial charge in [0.1, 0.15) is 10.7 Å². The van der Waals surface area contributed by atoms with Crippen LogP contribution < -0.4 is 0 Å². The van der Waals surface area contributed by atoms with E-state index in [1.54, 1.807) is 23.7 Å². The Kier molecular flexibility index (Phi) is 3.98. The predicted octanol–water partition coefficient (Wildman–Crippen LogP) is 3.76. The third kappa shape index (κ3) is 2.78. The van der Waals surface area contributed by atoms with Gasteiger partial charge in [-0.15, -0.1) is 11.3 Å². The summed E-state index contributed by atoms with van der Waals surface area (Å²) in [5.74, 6) is -0.0496. The predicted molar refractivity (Wildman–Crippen MR) is 94.0 cm³/mol. The number of carbonyl (C=O) groups is 1. The number of nitrogens with zero attached hydrogens (tertiary/aromatic N) is 4. The van der Waals surface area contributed by atoms with Gasteiger partial charge in [-0.05, 0) is 38.3 Å². The summed E-state index contributed by atoms with van der Waals surface area (Å²) in [4.78, 5) is 28.1. The molecule has 6 heteroatoms. The van der Waals surface area contributed by atoms with E-state index in [0.717, 1.165) is 42.0 Å². The SMILES string of the molecule is Cc1cnc(C(=O)N2CCCCC2c2nc3ccccc3s2)cn1. The molecule has 0 aliphatic carbocycles. The molecule has 4 rings (SSSR count). The van der Waals surface area contributed by atoms with Crippen molar-refractivity contribution in [2.45, 2.75) is 32.2 Å². The molecule has 3 heterocycles. The van der Waals surface area contributed by atoms with Crippen molar-refractivity contribution in [1.29, 1.82) is 0 Å². The number of thiazole rings is 1. The number of fused-ring (bicyclic) bond motifs is 1. The Morgan fingerprint density at radius 2 is 2.08 bits per heavy atom. The molecule has 0 spiro atoms. The maximum atomic E-state index is 12.9. The maximum absolute atomic E-state index is 12.9. The summed E-state index contributed by atoms with van der Waals surface area (Å²) in [7, 11) is 0. The first-order valence-electron chi connectivity index (χ1n) is 8.17. The summed E-state index contributed by atoms with van der Waals surface area (Å²) < 4.78 is 1.17. The maximum Gasteiger partial charge on any atom is 0.274 e. The van der Waals surface area contributed by atoms with Crippen LogP contribution in [0.25, 0.3) is 10.2 Å². The standard InChI is InChI=1S/C18H18N4OS/c1-12-10-20-14(11-19-12)18(23)22-9-5-4-7-15(22)17-21-13-6-2-3-8-16(13)24-17/h2-3,6,8,10-11,15H,4-5,7,9H2,1H3. The van der Waals surface area contributed by atoms with Gasteiger partial charge in [-0.2, -0.15) is 0 Å². The first kappa shape index (κ1) is 15.2. The van der Waals surface area contributed by atoms with Gasteiger partial charge in [-0.25, -0.2) is 9.97 Å². The molecule has 5 nitrogen and oxygen atoms in total. The zero-order valence-electron chi connectivity index (χ0n) is 13.5. The molecule has 1 aliphatic rings. The molecule has 0 bridgehead atoms. The van der Waals surface area contributed by atoms with E-state index in [1.807, 2.05) is 30.0 Å². The fourth-order valence-corrected chi connectivity index (χ4v) is 4.23. The summed E-state index contributed by atoms with van der Waals surface area (Å²) in [6.07, 6.45) is 6.30. The second-order valence-corrected chi connectivity index (χ2v) is 7.14. The number of hydrogen-bond donors (Lipinski definition) is 0. The van der Waals surface area contributed by atoms with Crippen LogP contribution in [0.2, 0.25) is 0 Å². The molecule has 24 heavy (non-hydrogen) atoms. The topological polar surface area (TPSA) is 59.0 Å². The van der Waals surface area contributed by atoms with Crippen molar-refractivity contribution in [3.8, 4) is 0 Å². The first-order chi connectivity index (χ1) is 11.7. The van der Waals surface area contributed by atoms with Gasteiger partial charge < -0.3 is 4.90 Å². The molecular formula is C18H18N4OS. The Hall–Kier alpha value is -2.34. The molecule has 0 radical (unpaired) electrons. The van der Waals surface area contributed by atoms with Crippen LogP contribution in [0.3, 0.4) is 0 Å². The van der Waals surface area contributed by atoms with Crippen molar-refractivity contribution in [2.24, 2.45) is 0 Å². The number of benzene rings is 1. The Labute approximate surface area is 144 Å². The molecule has 0 saturated carbocycles. The van der Waals surface area contributed by atoms with E-state index in [2.05, 4.69) is 16.0 Å². The van der Waals surface area contributed by atoms with Crippen molar-refractivity contribution >= 4 is 27.5 Å². The molecular weight excluding hydrogens is 320 g/mol. The van der Waals surface area contributed by atoms with Gasteiger partial charge in [0.2, 0.25) is 0 Å². The molecule has 1 atom stereocenters. The fraction of sp³-hybridized carbons (Fsp3) is 0.333. The van der Waals surface area contributed by atoms with Gasteiger partial charge in [0.15, 0.2) is 0 Å². The second-order valence-electron chi connectivity index (χ2n) is 6.07. The molecule has 2 aromatic heterocycles. The number of para-hydroxylation sites is 1. The lowest BCUT2D eigenvalue weighted by Gasteiger charge is -2.34. The average molecular weight is 338 g/mol.